The van der Waals surface area contributed by atoms with Crippen molar-refractivity contribution in [2.24, 2.45) is 11.8 Å². The van der Waals surface area contributed by atoms with Crippen molar-refractivity contribution in [3.8, 4) is 0 Å². The lowest BCUT2D eigenvalue weighted by atomic mass is 9.83. The van der Waals surface area contributed by atoms with Crippen molar-refractivity contribution in [3.63, 3.8) is 0 Å². The molecule has 0 spiro atoms. The summed E-state index contributed by atoms with van der Waals surface area (Å²) in [4.78, 5) is 25.3. The fourth-order valence-corrected chi connectivity index (χ4v) is 4.46. The minimum absolute atomic E-state index is 0.0408. The van der Waals surface area contributed by atoms with Crippen LogP contribution in [0.3, 0.4) is 0 Å². The molecule has 0 aliphatic carbocycles. The van der Waals surface area contributed by atoms with E-state index in [1.54, 1.807) is 0 Å². The molecule has 0 unspecified atom stereocenters. The molecule has 0 fully saturated rings. The zero-order valence-corrected chi connectivity index (χ0v) is 21.5. The third-order valence-corrected chi connectivity index (χ3v) is 5.61. The molecule has 0 rings (SSSR count). The third-order valence-electron chi connectivity index (χ3n) is 5.61. The van der Waals surface area contributed by atoms with E-state index >= 15 is 0 Å². The first-order valence-corrected chi connectivity index (χ1v) is 12.0. The van der Waals surface area contributed by atoms with Gasteiger partial charge in [-0.2, -0.15) is 0 Å². The summed E-state index contributed by atoms with van der Waals surface area (Å²) in [6.07, 6.45) is 10.1. The van der Waals surface area contributed by atoms with Crippen LogP contribution in [0, 0.1) is 11.8 Å². The van der Waals surface area contributed by atoms with Gasteiger partial charge in [0.1, 0.15) is 0 Å². The zero-order chi connectivity index (χ0) is 23.5. The molecule has 0 bridgehead atoms. The summed E-state index contributed by atoms with van der Waals surface area (Å²) in [6, 6.07) is 0.575. The second-order valence-electron chi connectivity index (χ2n) is 10.6. The lowest BCUT2D eigenvalue weighted by Crippen LogP contribution is -2.53. The van der Waals surface area contributed by atoms with Gasteiger partial charge in [-0.05, 0) is 80.1 Å². The predicted octanol–water partition coefficient (Wildman–Crippen LogP) is 5.85. The molecule has 2 N–H and O–H groups in total. The number of Topliss-reactive ketones (excluding diaryl/α,β-unsaturated/α-hetero) is 2. The van der Waals surface area contributed by atoms with Crippen LogP contribution in [-0.2, 0) is 9.59 Å². The minimum atomic E-state index is -0.447. The quantitative estimate of drug-likeness (QED) is 0.242. The molecule has 2 atom stereocenters. The van der Waals surface area contributed by atoms with Crippen molar-refractivity contribution in [2.75, 3.05) is 0 Å². The molecule has 4 nitrogen and oxygen atoms in total. The van der Waals surface area contributed by atoms with Crippen LogP contribution < -0.4 is 10.6 Å². The molecule has 0 aliphatic heterocycles. The second kappa shape index (κ2) is 13.4. The smallest absolute Gasteiger partial charge is 0.155 e. The Kier molecular flexibility index (Phi) is 13.0. The van der Waals surface area contributed by atoms with Crippen LogP contribution >= 0.6 is 0 Å². The molecule has 0 aromatic carbocycles. The number of ketones is 2. The van der Waals surface area contributed by atoms with Crippen molar-refractivity contribution >= 4 is 11.6 Å². The van der Waals surface area contributed by atoms with Gasteiger partial charge >= 0.3 is 0 Å². The zero-order valence-electron chi connectivity index (χ0n) is 21.5. The Morgan fingerprint density at radius 3 is 1.20 bits per heavy atom. The Morgan fingerprint density at radius 1 is 0.667 bits per heavy atom. The van der Waals surface area contributed by atoms with E-state index in [2.05, 4.69) is 50.5 Å². The van der Waals surface area contributed by atoms with E-state index in [-0.39, 0.29) is 23.9 Å². The van der Waals surface area contributed by atoms with E-state index in [0.29, 0.717) is 11.6 Å². The van der Waals surface area contributed by atoms with Crippen LogP contribution in [-0.4, -0.2) is 34.7 Å². The van der Waals surface area contributed by atoms with Gasteiger partial charge in [0, 0.05) is 23.9 Å². The number of allylic oxidation sites excluding steroid dienone is 2. The first-order valence-electron chi connectivity index (χ1n) is 12.0. The van der Waals surface area contributed by atoms with Crippen molar-refractivity contribution in [2.45, 2.75) is 131 Å². The molecule has 0 heterocycles. The van der Waals surface area contributed by atoms with Crippen molar-refractivity contribution < 1.29 is 9.59 Å². The van der Waals surface area contributed by atoms with Crippen LogP contribution in [0.2, 0.25) is 0 Å². The monoisotopic (exact) mass is 422 g/mol. The molecule has 0 aromatic heterocycles. The molecule has 0 amide bonds. The molecule has 0 saturated carbocycles. The Balaban J connectivity index is 4.55. The Bertz CT molecular complexity index is 503. The average Bonchev–Trinajstić information content (AvgIpc) is 2.61. The summed E-state index contributed by atoms with van der Waals surface area (Å²) < 4.78 is 0. The van der Waals surface area contributed by atoms with E-state index in [9.17, 15) is 9.59 Å². The number of hydrogen-bond acceptors (Lipinski definition) is 4. The molecule has 0 aromatic rings. The van der Waals surface area contributed by atoms with Crippen LogP contribution in [0.25, 0.3) is 0 Å². The normalized spacial score (nSPS) is 16.6. The van der Waals surface area contributed by atoms with Crippen molar-refractivity contribution in [1.29, 1.82) is 0 Å². The molecule has 30 heavy (non-hydrogen) atoms. The Hall–Kier alpha value is -1.00. The molecule has 0 saturated heterocycles. The maximum atomic E-state index is 12.7. The molecule has 176 valence electrons. The molecule has 0 radical (unpaired) electrons. The third kappa shape index (κ3) is 10.3. The van der Waals surface area contributed by atoms with Crippen LogP contribution in [0.1, 0.15) is 108 Å². The number of hydrogen-bond donors (Lipinski definition) is 2. The predicted molar refractivity (Wildman–Crippen MR) is 130 cm³/mol. The van der Waals surface area contributed by atoms with E-state index < -0.39 is 11.1 Å². The first-order chi connectivity index (χ1) is 13.7. The van der Waals surface area contributed by atoms with Crippen LogP contribution in [0.4, 0.5) is 0 Å². The van der Waals surface area contributed by atoms with Crippen LogP contribution in [0.15, 0.2) is 12.2 Å². The number of nitrogens with one attached hydrogen (secondary N) is 2. The van der Waals surface area contributed by atoms with Gasteiger partial charge in [-0.1, -0.05) is 39.8 Å². The highest BCUT2D eigenvalue weighted by atomic mass is 16.1. The van der Waals surface area contributed by atoms with Gasteiger partial charge in [0.2, 0.25) is 0 Å². The van der Waals surface area contributed by atoms with Crippen molar-refractivity contribution in [1.82, 2.24) is 10.6 Å². The summed E-state index contributed by atoms with van der Waals surface area (Å²) >= 11 is 0. The number of carbonyl (C=O) groups is 2. The fourth-order valence-electron chi connectivity index (χ4n) is 4.46. The lowest BCUT2D eigenvalue weighted by Gasteiger charge is -2.33. The van der Waals surface area contributed by atoms with E-state index in [0.717, 1.165) is 38.5 Å². The van der Waals surface area contributed by atoms with Gasteiger partial charge in [-0.15, -0.1) is 0 Å². The van der Waals surface area contributed by atoms with E-state index in [1.165, 1.54) is 0 Å². The average molecular weight is 423 g/mol. The number of rotatable bonds is 16. The summed E-state index contributed by atoms with van der Waals surface area (Å²) in [5.41, 5.74) is -0.893. The van der Waals surface area contributed by atoms with E-state index in [1.807, 2.05) is 41.5 Å². The number of unbranched alkanes of at least 4 members (excludes halogenated alkanes) is 2. The highest BCUT2D eigenvalue weighted by molar-refractivity contribution is 5.90. The van der Waals surface area contributed by atoms with Gasteiger partial charge in [0.05, 0.1) is 11.1 Å². The van der Waals surface area contributed by atoms with Crippen molar-refractivity contribution in [3.05, 3.63) is 12.2 Å². The van der Waals surface area contributed by atoms with E-state index in [4.69, 9.17) is 0 Å². The highest BCUT2D eigenvalue weighted by Crippen LogP contribution is 2.22. The highest BCUT2D eigenvalue weighted by Gasteiger charge is 2.35. The fraction of sp³-hybridized carbons (Fsp3) is 0.846. The topological polar surface area (TPSA) is 58.2 Å². The Labute approximate surface area is 187 Å². The maximum absolute atomic E-state index is 12.7. The van der Waals surface area contributed by atoms with Gasteiger partial charge < -0.3 is 10.6 Å². The number of carbonyl (C=O) groups excluding carboxylic acids is 2. The van der Waals surface area contributed by atoms with Gasteiger partial charge in [-0.3, -0.25) is 9.59 Å². The summed E-state index contributed by atoms with van der Waals surface area (Å²) in [7, 11) is 0. The molecule has 4 heteroatoms. The SMILES string of the molecule is CC(C)N[C@@](C)(CCC/C=C/CCC[C@](C)(NC(C)C)C(=O)C(C)C)C(=O)C(C)C. The summed E-state index contributed by atoms with van der Waals surface area (Å²) in [6.45, 7) is 20.4. The summed E-state index contributed by atoms with van der Waals surface area (Å²) in [5, 5.41) is 6.98. The maximum Gasteiger partial charge on any atom is 0.155 e. The largest absolute Gasteiger partial charge is 0.303 e. The standard InChI is InChI=1S/C26H50N2O2/c1-19(2)23(29)25(9,27-21(5)6)17-15-13-11-12-14-16-18-26(10,28-22(7)8)24(30)20(3)4/h11-12,19-22,27-28H,13-18H2,1-10H3/b12-11+/t25-,26-/m0/s1. The van der Waals surface area contributed by atoms with Gasteiger partial charge in [0.15, 0.2) is 11.6 Å². The van der Waals surface area contributed by atoms with Crippen LogP contribution in [0.5, 0.6) is 0 Å². The summed E-state index contributed by atoms with van der Waals surface area (Å²) in [5.74, 6) is 0.678. The molecular formula is C26H50N2O2. The van der Waals surface area contributed by atoms with Gasteiger partial charge in [-0.25, -0.2) is 0 Å². The molecular weight excluding hydrogens is 372 g/mol. The van der Waals surface area contributed by atoms with Gasteiger partial charge in [0.25, 0.3) is 0 Å². The second-order valence-corrected chi connectivity index (χ2v) is 10.6. The molecule has 0 aliphatic rings. The first kappa shape index (κ1) is 29.0. The lowest BCUT2D eigenvalue weighted by molar-refractivity contribution is -0.129. The minimum Gasteiger partial charge on any atom is -0.303 e. The Morgan fingerprint density at radius 2 is 0.967 bits per heavy atom.